The van der Waals surface area contributed by atoms with Gasteiger partial charge in [-0.05, 0) is 5.21 Å². The van der Waals surface area contributed by atoms with Gasteiger partial charge < -0.3 is 0 Å². The van der Waals surface area contributed by atoms with Gasteiger partial charge in [0.2, 0.25) is 6.08 Å². The van der Waals surface area contributed by atoms with Crippen LogP contribution >= 0.6 is 0 Å². The standard InChI is InChI=1S/C4H2N4O/c9-3-5-4-1-6-8-7-2-4/h1-2H. The van der Waals surface area contributed by atoms with E-state index in [1.54, 1.807) is 0 Å². The largest absolute Gasteiger partial charge is 0.240 e. The molecule has 1 aromatic rings. The zero-order valence-electron chi connectivity index (χ0n) is 4.35. The number of carbonyl (C=O) groups excluding carboxylic acids is 1. The molecular formula is C4H2N4O. The first-order chi connectivity index (χ1) is 4.43. The van der Waals surface area contributed by atoms with Crippen molar-refractivity contribution < 1.29 is 4.79 Å². The van der Waals surface area contributed by atoms with E-state index in [1.165, 1.54) is 18.5 Å². The molecule has 0 unspecified atom stereocenters. The Labute approximate surface area is 50.4 Å². The second-order valence-electron chi connectivity index (χ2n) is 1.21. The first-order valence-corrected chi connectivity index (χ1v) is 2.15. The maximum Gasteiger partial charge on any atom is 0.240 e. The minimum Gasteiger partial charge on any atom is -0.211 e. The zero-order valence-corrected chi connectivity index (χ0v) is 4.35. The van der Waals surface area contributed by atoms with E-state index in [0.717, 1.165) is 0 Å². The highest BCUT2D eigenvalue weighted by atomic mass is 16.1. The molecule has 0 spiro atoms. The number of rotatable bonds is 1. The highest BCUT2D eigenvalue weighted by Crippen LogP contribution is 2.01. The highest BCUT2D eigenvalue weighted by Gasteiger charge is 1.83. The minimum atomic E-state index is 0.361. The van der Waals surface area contributed by atoms with Crippen LogP contribution in [-0.4, -0.2) is 21.5 Å². The molecule has 1 aromatic heterocycles. The van der Waals surface area contributed by atoms with E-state index in [-0.39, 0.29) is 0 Å². The summed E-state index contributed by atoms with van der Waals surface area (Å²) < 4.78 is 0. The quantitative estimate of drug-likeness (QED) is 0.383. The van der Waals surface area contributed by atoms with Crippen LogP contribution in [0, 0.1) is 0 Å². The second-order valence-corrected chi connectivity index (χ2v) is 1.21. The van der Waals surface area contributed by atoms with Gasteiger partial charge in [-0.3, -0.25) is 0 Å². The Morgan fingerprint density at radius 2 is 2.11 bits per heavy atom. The summed E-state index contributed by atoms with van der Waals surface area (Å²) in [6, 6.07) is 0. The van der Waals surface area contributed by atoms with Gasteiger partial charge in [0.25, 0.3) is 0 Å². The monoisotopic (exact) mass is 122 g/mol. The van der Waals surface area contributed by atoms with E-state index in [0.29, 0.717) is 5.69 Å². The number of hydrogen-bond acceptors (Lipinski definition) is 5. The number of hydrogen-bond donors (Lipinski definition) is 0. The fourth-order valence-corrected chi connectivity index (χ4v) is 0.344. The van der Waals surface area contributed by atoms with Gasteiger partial charge in [0.05, 0.1) is 12.4 Å². The summed E-state index contributed by atoms with van der Waals surface area (Å²) in [5.41, 5.74) is 0.361. The molecule has 0 saturated heterocycles. The molecular weight excluding hydrogens is 120 g/mol. The predicted octanol–water partition coefficient (Wildman–Crippen LogP) is -0.161. The average molecular weight is 122 g/mol. The fraction of sp³-hybridized carbons (Fsp3) is 0. The number of isocyanates is 1. The molecule has 0 aliphatic carbocycles. The fourth-order valence-electron chi connectivity index (χ4n) is 0.344. The molecule has 0 amide bonds. The predicted molar refractivity (Wildman–Crippen MR) is 27.6 cm³/mol. The third-order valence-corrected chi connectivity index (χ3v) is 0.658. The second kappa shape index (κ2) is 2.64. The Morgan fingerprint density at radius 3 is 2.67 bits per heavy atom. The Morgan fingerprint density at radius 1 is 1.44 bits per heavy atom. The van der Waals surface area contributed by atoms with Crippen LogP contribution in [0.3, 0.4) is 0 Å². The van der Waals surface area contributed by atoms with Crippen molar-refractivity contribution in [2.75, 3.05) is 0 Å². The van der Waals surface area contributed by atoms with Gasteiger partial charge in [-0.15, -0.1) is 10.2 Å². The highest BCUT2D eigenvalue weighted by molar-refractivity contribution is 5.45. The molecule has 9 heavy (non-hydrogen) atoms. The lowest BCUT2D eigenvalue weighted by Crippen LogP contribution is -1.80. The van der Waals surface area contributed by atoms with Crippen molar-refractivity contribution in [1.29, 1.82) is 0 Å². The van der Waals surface area contributed by atoms with E-state index in [9.17, 15) is 4.79 Å². The smallest absolute Gasteiger partial charge is 0.211 e. The van der Waals surface area contributed by atoms with Crippen LogP contribution in [0.25, 0.3) is 0 Å². The van der Waals surface area contributed by atoms with Gasteiger partial charge in [-0.25, -0.2) is 4.79 Å². The van der Waals surface area contributed by atoms with Crippen LogP contribution in [-0.2, 0) is 4.79 Å². The normalized spacial score (nSPS) is 8.00. The SMILES string of the molecule is O=C=Nc1cnnnc1. The Balaban J connectivity index is 2.97. The van der Waals surface area contributed by atoms with E-state index in [2.05, 4.69) is 20.4 Å². The molecule has 1 heterocycles. The van der Waals surface area contributed by atoms with Crippen molar-refractivity contribution >= 4 is 11.8 Å². The van der Waals surface area contributed by atoms with Crippen LogP contribution in [0.1, 0.15) is 0 Å². The molecule has 0 aliphatic rings. The van der Waals surface area contributed by atoms with Crippen molar-refractivity contribution in [1.82, 2.24) is 15.4 Å². The summed E-state index contributed by atoms with van der Waals surface area (Å²) >= 11 is 0. The Bertz CT molecular complexity index is 228. The molecule has 0 saturated carbocycles. The summed E-state index contributed by atoms with van der Waals surface area (Å²) in [6.07, 6.45) is 3.99. The number of aliphatic imine (C=N–C) groups is 1. The maximum absolute atomic E-state index is 9.61. The van der Waals surface area contributed by atoms with Crippen molar-refractivity contribution in [3.8, 4) is 0 Å². The summed E-state index contributed by atoms with van der Waals surface area (Å²) in [5, 5.41) is 9.98. The summed E-state index contributed by atoms with van der Waals surface area (Å²) in [4.78, 5) is 12.8. The van der Waals surface area contributed by atoms with Gasteiger partial charge in [-0.1, -0.05) is 0 Å². The van der Waals surface area contributed by atoms with Gasteiger partial charge >= 0.3 is 0 Å². The van der Waals surface area contributed by atoms with Gasteiger partial charge in [-0.2, -0.15) is 4.99 Å². The topological polar surface area (TPSA) is 68.1 Å². The van der Waals surface area contributed by atoms with Crippen molar-refractivity contribution in [2.24, 2.45) is 4.99 Å². The molecule has 5 heteroatoms. The van der Waals surface area contributed by atoms with Crippen LogP contribution in [0.4, 0.5) is 5.69 Å². The van der Waals surface area contributed by atoms with Crippen molar-refractivity contribution in [3.63, 3.8) is 0 Å². The lowest BCUT2D eigenvalue weighted by molar-refractivity contribution is 0.565. The number of nitrogens with zero attached hydrogens (tertiary/aromatic N) is 4. The third kappa shape index (κ3) is 1.40. The third-order valence-electron chi connectivity index (χ3n) is 0.658. The van der Waals surface area contributed by atoms with Gasteiger partial charge in [0, 0.05) is 0 Å². The molecule has 0 fully saturated rings. The zero-order chi connectivity index (χ0) is 6.53. The minimum absolute atomic E-state index is 0.361. The van der Waals surface area contributed by atoms with E-state index >= 15 is 0 Å². The first-order valence-electron chi connectivity index (χ1n) is 2.15. The van der Waals surface area contributed by atoms with Gasteiger partial charge in [0.1, 0.15) is 5.69 Å². The molecule has 0 aliphatic heterocycles. The molecule has 0 radical (unpaired) electrons. The Hall–Kier alpha value is -1.61. The number of aromatic nitrogens is 3. The summed E-state index contributed by atoms with van der Waals surface area (Å²) in [5.74, 6) is 0. The molecule has 0 aromatic carbocycles. The molecule has 0 N–H and O–H groups in total. The summed E-state index contributed by atoms with van der Waals surface area (Å²) in [7, 11) is 0. The molecule has 0 bridgehead atoms. The lowest BCUT2D eigenvalue weighted by atomic mass is 10.6. The van der Waals surface area contributed by atoms with Gasteiger partial charge in [0.15, 0.2) is 0 Å². The van der Waals surface area contributed by atoms with Crippen LogP contribution < -0.4 is 0 Å². The molecule has 44 valence electrons. The lowest BCUT2D eigenvalue weighted by Gasteiger charge is -1.80. The molecule has 0 atom stereocenters. The van der Waals surface area contributed by atoms with Crippen LogP contribution in [0.2, 0.25) is 0 Å². The van der Waals surface area contributed by atoms with E-state index in [1.807, 2.05) is 0 Å². The van der Waals surface area contributed by atoms with E-state index < -0.39 is 0 Å². The summed E-state index contributed by atoms with van der Waals surface area (Å²) in [6.45, 7) is 0. The van der Waals surface area contributed by atoms with Crippen molar-refractivity contribution in [2.45, 2.75) is 0 Å². The first kappa shape index (κ1) is 5.53. The van der Waals surface area contributed by atoms with Crippen molar-refractivity contribution in [3.05, 3.63) is 12.4 Å². The van der Waals surface area contributed by atoms with Crippen LogP contribution in [0.15, 0.2) is 17.4 Å². The maximum atomic E-state index is 9.61. The molecule has 1 rings (SSSR count). The van der Waals surface area contributed by atoms with E-state index in [4.69, 9.17) is 0 Å². The average Bonchev–Trinajstić information content (AvgIpc) is 1.91. The Kier molecular flexibility index (Phi) is 1.62. The molecule has 5 nitrogen and oxygen atoms in total. The van der Waals surface area contributed by atoms with Crippen LogP contribution in [0.5, 0.6) is 0 Å².